The molecule has 2 aromatic rings. The van der Waals surface area contributed by atoms with Crippen molar-refractivity contribution in [2.75, 3.05) is 39.6 Å². The van der Waals surface area contributed by atoms with Crippen LogP contribution in [-0.2, 0) is 11.4 Å². The molecule has 2 N–H and O–H groups in total. The van der Waals surface area contributed by atoms with E-state index in [0.29, 0.717) is 46.9 Å². The molecule has 1 aliphatic rings. The number of aldehydes is 1. The van der Waals surface area contributed by atoms with E-state index in [2.05, 4.69) is 11.8 Å². The number of halogens is 1. The van der Waals surface area contributed by atoms with Gasteiger partial charge in [-0.1, -0.05) is 24.9 Å². The number of ether oxygens (including phenoxy) is 3. The van der Waals surface area contributed by atoms with Crippen molar-refractivity contribution in [3.8, 4) is 17.2 Å². The van der Waals surface area contributed by atoms with Gasteiger partial charge in [-0.3, -0.25) is 0 Å². The molecule has 0 spiro atoms. The summed E-state index contributed by atoms with van der Waals surface area (Å²) in [7, 11) is 3.24. The first-order chi connectivity index (χ1) is 16.5. The van der Waals surface area contributed by atoms with Crippen molar-refractivity contribution in [2.24, 2.45) is 5.92 Å². The summed E-state index contributed by atoms with van der Waals surface area (Å²) in [6.07, 6.45) is 5.98. The standard InChI is InChI=1S/C27H37ClN2O4/c1-4-5-9-30-10-6-20(7-11-30)23(8-12-31)24-16-25(28)26(29)17-27(24)34-18-19-13-21(32-2)15-22(14-19)33-3/h12-17,20,23H,4-11,18,29H2,1-3H3. The van der Waals surface area contributed by atoms with Gasteiger partial charge >= 0.3 is 0 Å². The zero-order chi connectivity index (χ0) is 24.5. The van der Waals surface area contributed by atoms with Crippen molar-refractivity contribution in [3.63, 3.8) is 0 Å². The number of nitrogens with zero attached hydrogens (tertiary/aromatic N) is 1. The van der Waals surface area contributed by atoms with Crippen LogP contribution >= 0.6 is 11.6 Å². The van der Waals surface area contributed by atoms with E-state index < -0.39 is 0 Å². The van der Waals surface area contributed by atoms with Crippen molar-refractivity contribution < 1.29 is 19.0 Å². The van der Waals surface area contributed by atoms with Crippen LogP contribution in [0.4, 0.5) is 5.69 Å². The molecule has 34 heavy (non-hydrogen) atoms. The van der Waals surface area contributed by atoms with Crippen molar-refractivity contribution in [2.45, 2.75) is 51.6 Å². The predicted molar refractivity (Wildman–Crippen MR) is 137 cm³/mol. The first-order valence-corrected chi connectivity index (χ1v) is 12.5. The van der Waals surface area contributed by atoms with Gasteiger partial charge in [-0.25, -0.2) is 0 Å². The molecule has 2 aromatic carbocycles. The smallest absolute Gasteiger partial charge is 0.125 e. The Hall–Kier alpha value is -2.44. The molecule has 0 bridgehead atoms. The number of unbranched alkanes of at least 4 members (excludes halogenated alkanes) is 1. The quantitative estimate of drug-likeness (QED) is 0.305. The van der Waals surface area contributed by atoms with Gasteiger partial charge in [0.05, 0.1) is 24.9 Å². The van der Waals surface area contributed by atoms with Gasteiger partial charge < -0.3 is 29.6 Å². The maximum absolute atomic E-state index is 11.7. The molecule has 186 valence electrons. The summed E-state index contributed by atoms with van der Waals surface area (Å²) in [4.78, 5) is 14.2. The van der Waals surface area contributed by atoms with Crippen LogP contribution in [0.2, 0.25) is 5.02 Å². The second-order valence-electron chi connectivity index (χ2n) is 8.96. The number of nitrogen functional groups attached to an aromatic ring is 1. The Balaban J connectivity index is 1.83. The van der Waals surface area contributed by atoms with Crippen LogP contribution in [0.1, 0.15) is 56.1 Å². The number of carbonyl (C=O) groups is 1. The monoisotopic (exact) mass is 488 g/mol. The van der Waals surface area contributed by atoms with Crippen LogP contribution in [0.15, 0.2) is 30.3 Å². The van der Waals surface area contributed by atoms with E-state index in [-0.39, 0.29) is 5.92 Å². The summed E-state index contributed by atoms with van der Waals surface area (Å²) in [5.41, 5.74) is 8.46. The van der Waals surface area contributed by atoms with Gasteiger partial charge in [0.2, 0.25) is 0 Å². The molecular formula is C27H37ClN2O4. The van der Waals surface area contributed by atoms with Crippen molar-refractivity contribution in [3.05, 3.63) is 46.5 Å². The number of piperidine rings is 1. The summed E-state index contributed by atoms with van der Waals surface area (Å²) >= 11 is 6.44. The number of likely N-dealkylation sites (tertiary alicyclic amines) is 1. The number of rotatable bonds is 12. The maximum atomic E-state index is 11.7. The van der Waals surface area contributed by atoms with Crippen LogP contribution in [-0.4, -0.2) is 45.0 Å². The van der Waals surface area contributed by atoms with E-state index in [1.54, 1.807) is 20.3 Å². The second-order valence-corrected chi connectivity index (χ2v) is 9.37. The summed E-state index contributed by atoms with van der Waals surface area (Å²) in [5, 5.41) is 0.488. The molecule has 0 saturated carbocycles. The van der Waals surface area contributed by atoms with Gasteiger partial charge in [0, 0.05) is 18.6 Å². The molecule has 0 amide bonds. The third-order valence-electron chi connectivity index (χ3n) is 6.71. The summed E-state index contributed by atoms with van der Waals surface area (Å²) in [6.45, 7) is 5.80. The lowest BCUT2D eigenvalue weighted by molar-refractivity contribution is -0.108. The normalized spacial score (nSPS) is 15.6. The Morgan fingerprint density at radius 2 is 1.79 bits per heavy atom. The minimum atomic E-state index is 0.0405. The van der Waals surface area contributed by atoms with Gasteiger partial charge in [0.15, 0.2) is 0 Å². The molecular weight excluding hydrogens is 452 g/mol. The Kier molecular flexibility index (Phi) is 9.90. The van der Waals surface area contributed by atoms with E-state index in [1.807, 2.05) is 24.3 Å². The molecule has 1 heterocycles. The lowest BCUT2D eigenvalue weighted by Crippen LogP contribution is -2.36. The van der Waals surface area contributed by atoms with Crippen LogP contribution < -0.4 is 19.9 Å². The highest BCUT2D eigenvalue weighted by atomic mass is 35.5. The maximum Gasteiger partial charge on any atom is 0.125 e. The van der Waals surface area contributed by atoms with Crippen molar-refractivity contribution >= 4 is 23.6 Å². The fourth-order valence-corrected chi connectivity index (χ4v) is 4.92. The molecule has 1 atom stereocenters. The van der Waals surface area contributed by atoms with E-state index in [0.717, 1.165) is 49.9 Å². The van der Waals surface area contributed by atoms with Gasteiger partial charge in [-0.05, 0) is 80.1 Å². The molecule has 0 aliphatic carbocycles. The minimum absolute atomic E-state index is 0.0405. The highest BCUT2D eigenvalue weighted by Gasteiger charge is 2.30. The van der Waals surface area contributed by atoms with Crippen LogP contribution in [0.25, 0.3) is 0 Å². The summed E-state index contributed by atoms with van der Waals surface area (Å²) < 4.78 is 17.0. The molecule has 1 unspecified atom stereocenters. The first-order valence-electron chi connectivity index (χ1n) is 12.1. The summed E-state index contributed by atoms with van der Waals surface area (Å²) in [6, 6.07) is 9.31. The first kappa shape index (κ1) is 26.2. The van der Waals surface area contributed by atoms with E-state index in [1.165, 1.54) is 12.8 Å². The minimum Gasteiger partial charge on any atom is -0.497 e. The number of carbonyl (C=O) groups excluding carboxylic acids is 1. The number of anilines is 1. The Labute approximate surface area is 208 Å². The number of methoxy groups -OCH3 is 2. The Bertz CT molecular complexity index is 922. The van der Waals surface area contributed by atoms with Gasteiger partial charge in [0.25, 0.3) is 0 Å². The SMILES string of the molecule is CCCCN1CCC(C(CC=O)c2cc(Cl)c(N)cc2OCc2cc(OC)cc(OC)c2)CC1. The van der Waals surface area contributed by atoms with Crippen LogP contribution in [0.5, 0.6) is 17.2 Å². The number of nitrogens with two attached hydrogens (primary N) is 1. The largest absolute Gasteiger partial charge is 0.497 e. The lowest BCUT2D eigenvalue weighted by atomic mass is 9.78. The van der Waals surface area contributed by atoms with Crippen molar-refractivity contribution in [1.29, 1.82) is 0 Å². The van der Waals surface area contributed by atoms with Gasteiger partial charge in [-0.2, -0.15) is 0 Å². The van der Waals surface area contributed by atoms with Gasteiger partial charge in [0.1, 0.15) is 30.1 Å². The molecule has 7 heteroatoms. The fourth-order valence-electron chi connectivity index (χ4n) is 4.75. The number of benzene rings is 2. The molecule has 3 rings (SSSR count). The van der Waals surface area contributed by atoms with Gasteiger partial charge in [-0.15, -0.1) is 0 Å². The third kappa shape index (κ3) is 6.80. The Morgan fingerprint density at radius 1 is 1.12 bits per heavy atom. The topological polar surface area (TPSA) is 74.0 Å². The van der Waals surface area contributed by atoms with E-state index in [4.69, 9.17) is 31.5 Å². The molecule has 6 nitrogen and oxygen atoms in total. The lowest BCUT2D eigenvalue weighted by Gasteiger charge is -2.36. The number of hydrogen-bond acceptors (Lipinski definition) is 6. The average Bonchev–Trinajstić information content (AvgIpc) is 2.86. The molecule has 1 aliphatic heterocycles. The average molecular weight is 489 g/mol. The van der Waals surface area contributed by atoms with Crippen LogP contribution in [0, 0.1) is 5.92 Å². The third-order valence-corrected chi connectivity index (χ3v) is 7.04. The number of hydrogen-bond donors (Lipinski definition) is 1. The highest BCUT2D eigenvalue weighted by Crippen LogP contribution is 2.42. The highest BCUT2D eigenvalue weighted by molar-refractivity contribution is 6.33. The molecule has 1 fully saturated rings. The zero-order valence-corrected chi connectivity index (χ0v) is 21.3. The Morgan fingerprint density at radius 3 is 2.38 bits per heavy atom. The molecule has 0 radical (unpaired) electrons. The van der Waals surface area contributed by atoms with E-state index >= 15 is 0 Å². The summed E-state index contributed by atoms with van der Waals surface area (Å²) in [5.74, 6) is 2.50. The van der Waals surface area contributed by atoms with E-state index in [9.17, 15) is 4.79 Å². The molecule has 1 saturated heterocycles. The fraction of sp³-hybridized carbons (Fsp3) is 0.519. The van der Waals surface area contributed by atoms with Crippen molar-refractivity contribution in [1.82, 2.24) is 4.90 Å². The second kappa shape index (κ2) is 12.9. The molecule has 0 aromatic heterocycles. The predicted octanol–water partition coefficient (Wildman–Crippen LogP) is 5.70. The van der Waals surface area contributed by atoms with Crippen LogP contribution in [0.3, 0.4) is 0 Å². The zero-order valence-electron chi connectivity index (χ0n) is 20.5.